The van der Waals surface area contributed by atoms with Crippen molar-refractivity contribution in [3.8, 4) is 0 Å². The van der Waals surface area contributed by atoms with Crippen molar-refractivity contribution >= 4 is 67.1 Å². The van der Waals surface area contributed by atoms with Gasteiger partial charge in [-0.1, -0.05) is 40.6 Å². The lowest BCUT2D eigenvalue weighted by Crippen LogP contribution is -2.48. The minimum atomic E-state index is -0.308. The van der Waals surface area contributed by atoms with Gasteiger partial charge in [0.1, 0.15) is 15.7 Å². The van der Waals surface area contributed by atoms with E-state index in [1.165, 1.54) is 28.7 Å². The van der Waals surface area contributed by atoms with Crippen LogP contribution in [-0.2, 0) is 0 Å². The van der Waals surface area contributed by atoms with Crippen LogP contribution in [0.4, 0.5) is 9.52 Å². The molecule has 130 valence electrons. The van der Waals surface area contributed by atoms with Gasteiger partial charge in [-0.2, -0.15) is 0 Å². The maximum atomic E-state index is 13.8. The van der Waals surface area contributed by atoms with E-state index in [-0.39, 0.29) is 11.7 Å². The highest BCUT2D eigenvalue weighted by atomic mass is 35.5. The summed E-state index contributed by atoms with van der Waals surface area (Å²) < 4.78 is 15.6. The molecule has 2 aromatic heterocycles. The first-order valence-corrected chi connectivity index (χ1v) is 9.96. The Labute approximate surface area is 161 Å². The number of nitrogens with zero attached hydrogens (tertiary/aromatic N) is 3. The van der Waals surface area contributed by atoms with Crippen molar-refractivity contribution in [3.63, 3.8) is 0 Å². The van der Waals surface area contributed by atoms with Crippen molar-refractivity contribution in [2.24, 2.45) is 0 Å². The van der Waals surface area contributed by atoms with Gasteiger partial charge in [-0.05, 0) is 18.2 Å². The Balaban J connectivity index is 1.48. The second-order valence-corrected chi connectivity index (χ2v) is 8.89. The average Bonchev–Trinajstić information content (AvgIpc) is 3.18. The number of hydrogen-bond donors (Lipinski definition) is 0. The molecule has 3 heterocycles. The summed E-state index contributed by atoms with van der Waals surface area (Å²) in [6, 6.07) is 6.57. The number of thiazole rings is 1. The highest BCUT2D eigenvalue weighted by Gasteiger charge is 2.26. The third-order valence-electron chi connectivity index (χ3n) is 4.08. The van der Waals surface area contributed by atoms with Crippen LogP contribution in [0, 0.1) is 5.82 Å². The zero-order valence-corrected chi connectivity index (χ0v) is 16.0. The molecule has 0 atom stereocenters. The number of halogens is 3. The molecule has 4 nitrogen and oxygen atoms in total. The minimum absolute atomic E-state index is 0.108. The molecule has 0 bridgehead atoms. The summed E-state index contributed by atoms with van der Waals surface area (Å²) in [6.07, 6.45) is 0. The summed E-state index contributed by atoms with van der Waals surface area (Å²) in [5.74, 6) is -0.416. The third kappa shape index (κ3) is 3.21. The standard InChI is InChI=1S/C16H12Cl2FN3OS2/c17-12-8-9(14(18)25-12)15(23)21-4-6-22(7-5-21)16-20-13-10(19)2-1-3-11(13)24-16/h1-3,8H,4-7H2. The van der Waals surface area contributed by atoms with E-state index in [9.17, 15) is 9.18 Å². The van der Waals surface area contributed by atoms with Crippen molar-refractivity contribution < 1.29 is 9.18 Å². The zero-order chi connectivity index (χ0) is 17.6. The number of piperazine rings is 1. The fourth-order valence-corrected chi connectivity index (χ4v) is 5.28. The monoisotopic (exact) mass is 415 g/mol. The number of carbonyl (C=O) groups excluding carboxylic acids is 1. The summed E-state index contributed by atoms with van der Waals surface area (Å²) in [7, 11) is 0. The summed E-state index contributed by atoms with van der Waals surface area (Å²) in [5, 5.41) is 0.781. The molecule has 3 aromatic rings. The van der Waals surface area contributed by atoms with Crippen LogP contribution in [0.3, 0.4) is 0 Å². The minimum Gasteiger partial charge on any atom is -0.345 e. The topological polar surface area (TPSA) is 36.4 Å². The van der Waals surface area contributed by atoms with E-state index in [0.29, 0.717) is 45.9 Å². The number of benzene rings is 1. The number of amides is 1. The number of rotatable bonds is 2. The van der Waals surface area contributed by atoms with Gasteiger partial charge < -0.3 is 9.80 Å². The molecule has 9 heteroatoms. The Morgan fingerprint density at radius 1 is 1.16 bits per heavy atom. The maximum absolute atomic E-state index is 13.8. The van der Waals surface area contributed by atoms with Gasteiger partial charge in [0.25, 0.3) is 5.91 Å². The quantitative estimate of drug-likeness (QED) is 0.604. The second kappa shape index (κ2) is 6.72. The molecule has 1 aliphatic heterocycles. The molecule has 0 radical (unpaired) electrons. The van der Waals surface area contributed by atoms with Gasteiger partial charge in [-0.3, -0.25) is 4.79 Å². The Hall–Kier alpha value is -1.41. The number of hydrogen-bond acceptors (Lipinski definition) is 5. The predicted octanol–water partition coefficient (Wildman–Crippen LogP) is 4.77. The molecule has 25 heavy (non-hydrogen) atoms. The van der Waals surface area contributed by atoms with E-state index in [1.807, 2.05) is 6.07 Å². The van der Waals surface area contributed by atoms with Crippen LogP contribution < -0.4 is 4.90 Å². The fraction of sp³-hybridized carbons (Fsp3) is 0.250. The lowest BCUT2D eigenvalue weighted by atomic mass is 10.2. The Kier molecular flexibility index (Phi) is 4.58. The first-order valence-electron chi connectivity index (χ1n) is 7.57. The van der Waals surface area contributed by atoms with Gasteiger partial charge in [-0.25, -0.2) is 9.37 Å². The van der Waals surface area contributed by atoms with Crippen LogP contribution in [0.2, 0.25) is 8.67 Å². The molecule has 0 spiro atoms. The Bertz CT molecular complexity index is 950. The zero-order valence-electron chi connectivity index (χ0n) is 12.8. The van der Waals surface area contributed by atoms with Gasteiger partial charge in [0, 0.05) is 26.2 Å². The largest absolute Gasteiger partial charge is 0.345 e. The van der Waals surface area contributed by atoms with E-state index in [2.05, 4.69) is 9.88 Å². The van der Waals surface area contributed by atoms with Crippen LogP contribution in [0.1, 0.15) is 10.4 Å². The van der Waals surface area contributed by atoms with E-state index < -0.39 is 0 Å². The van der Waals surface area contributed by atoms with Crippen LogP contribution >= 0.6 is 45.9 Å². The fourth-order valence-electron chi connectivity index (χ4n) is 2.80. The smallest absolute Gasteiger partial charge is 0.256 e. The van der Waals surface area contributed by atoms with Gasteiger partial charge in [0.15, 0.2) is 5.13 Å². The van der Waals surface area contributed by atoms with Gasteiger partial charge in [-0.15, -0.1) is 11.3 Å². The van der Waals surface area contributed by atoms with E-state index in [0.717, 1.165) is 9.83 Å². The molecular weight excluding hydrogens is 404 g/mol. The molecule has 1 aromatic carbocycles. The van der Waals surface area contributed by atoms with Crippen molar-refractivity contribution in [2.45, 2.75) is 0 Å². The maximum Gasteiger partial charge on any atom is 0.256 e. The molecule has 1 saturated heterocycles. The molecule has 1 amide bonds. The van der Waals surface area contributed by atoms with Crippen molar-refractivity contribution in [2.75, 3.05) is 31.1 Å². The molecule has 1 fully saturated rings. The SMILES string of the molecule is O=C(c1cc(Cl)sc1Cl)N1CCN(c2nc3c(F)cccc3s2)CC1. The second-order valence-electron chi connectivity index (χ2n) is 5.60. The van der Waals surface area contributed by atoms with Crippen molar-refractivity contribution in [1.29, 1.82) is 0 Å². The van der Waals surface area contributed by atoms with Gasteiger partial charge in [0.05, 0.1) is 14.6 Å². The molecule has 0 saturated carbocycles. The molecule has 4 rings (SSSR count). The Morgan fingerprint density at radius 3 is 2.56 bits per heavy atom. The lowest BCUT2D eigenvalue weighted by molar-refractivity contribution is 0.0747. The molecule has 0 aliphatic carbocycles. The number of anilines is 1. The first kappa shape index (κ1) is 17.0. The Morgan fingerprint density at radius 2 is 1.92 bits per heavy atom. The van der Waals surface area contributed by atoms with E-state index in [1.54, 1.807) is 17.0 Å². The van der Waals surface area contributed by atoms with Crippen LogP contribution in [0.5, 0.6) is 0 Å². The van der Waals surface area contributed by atoms with Gasteiger partial charge in [0.2, 0.25) is 0 Å². The molecular formula is C16H12Cl2FN3OS2. The van der Waals surface area contributed by atoms with Crippen LogP contribution in [-0.4, -0.2) is 42.0 Å². The normalized spacial score (nSPS) is 15.2. The van der Waals surface area contributed by atoms with Gasteiger partial charge >= 0.3 is 0 Å². The van der Waals surface area contributed by atoms with Crippen LogP contribution in [0.25, 0.3) is 10.2 Å². The predicted molar refractivity (Wildman–Crippen MR) is 102 cm³/mol. The number of fused-ring (bicyclic) bond motifs is 1. The number of thiophene rings is 1. The summed E-state index contributed by atoms with van der Waals surface area (Å²) in [5.41, 5.74) is 0.855. The van der Waals surface area contributed by atoms with E-state index in [4.69, 9.17) is 23.2 Å². The highest BCUT2D eigenvalue weighted by Crippen LogP contribution is 2.33. The molecule has 1 aliphatic rings. The first-order chi connectivity index (χ1) is 12.0. The number of carbonyl (C=O) groups is 1. The summed E-state index contributed by atoms with van der Waals surface area (Å²) >= 11 is 14.7. The number of para-hydroxylation sites is 1. The third-order valence-corrected chi connectivity index (χ3v) is 6.65. The molecule has 0 unspecified atom stereocenters. The van der Waals surface area contributed by atoms with Crippen molar-refractivity contribution in [1.82, 2.24) is 9.88 Å². The number of aromatic nitrogens is 1. The summed E-state index contributed by atoms with van der Waals surface area (Å²) in [6.45, 7) is 2.40. The summed E-state index contributed by atoms with van der Waals surface area (Å²) in [4.78, 5) is 20.8. The van der Waals surface area contributed by atoms with Crippen molar-refractivity contribution in [3.05, 3.63) is 44.3 Å². The van der Waals surface area contributed by atoms with E-state index >= 15 is 0 Å². The highest BCUT2D eigenvalue weighted by molar-refractivity contribution is 7.22. The molecule has 0 N–H and O–H groups in total. The average molecular weight is 416 g/mol. The lowest BCUT2D eigenvalue weighted by Gasteiger charge is -2.34. The van der Waals surface area contributed by atoms with Crippen LogP contribution in [0.15, 0.2) is 24.3 Å².